The quantitative estimate of drug-likeness (QED) is 0.758. The lowest BCUT2D eigenvalue weighted by Gasteiger charge is -2.04. The van der Waals surface area contributed by atoms with E-state index in [1.165, 1.54) is 12.1 Å². The van der Waals surface area contributed by atoms with Crippen molar-refractivity contribution in [2.75, 3.05) is 5.73 Å². The Balaban J connectivity index is 2.13. The lowest BCUT2D eigenvalue weighted by Crippen LogP contribution is -2.16. The molecule has 3 rings (SSSR count). The van der Waals surface area contributed by atoms with E-state index in [-0.39, 0.29) is 19.4 Å². The Morgan fingerprint density at radius 1 is 1.14 bits per heavy atom. The van der Waals surface area contributed by atoms with Crippen molar-refractivity contribution in [3.63, 3.8) is 0 Å². The summed E-state index contributed by atoms with van der Waals surface area (Å²) in [5.74, 6) is -0.00255. The van der Waals surface area contributed by atoms with Crippen molar-refractivity contribution in [2.45, 2.75) is 4.90 Å². The molecule has 0 aliphatic rings. The molecule has 0 saturated heterocycles. The normalized spacial score (nSPS) is 11.7. The number of hydrogen-bond acceptors (Lipinski definition) is 5. The molecule has 2 N–H and O–H groups in total. The molecule has 9 heteroatoms. The molecule has 22 heavy (non-hydrogen) atoms. The van der Waals surface area contributed by atoms with Gasteiger partial charge in [0, 0.05) is 11.6 Å². The Morgan fingerprint density at radius 3 is 2.41 bits per heavy atom. The van der Waals surface area contributed by atoms with Gasteiger partial charge >= 0.3 is 0 Å². The van der Waals surface area contributed by atoms with Gasteiger partial charge < -0.3 is 5.73 Å². The van der Waals surface area contributed by atoms with Crippen molar-refractivity contribution >= 4 is 50.4 Å². The van der Waals surface area contributed by atoms with Gasteiger partial charge in [-0.3, -0.25) is 0 Å². The van der Waals surface area contributed by atoms with E-state index in [4.69, 9.17) is 28.9 Å². The highest BCUT2D eigenvalue weighted by Gasteiger charge is 2.26. The molecule has 0 aliphatic carbocycles. The highest BCUT2D eigenvalue weighted by atomic mass is 35.5. The first kappa shape index (κ1) is 15.4. The first-order chi connectivity index (χ1) is 10.4. The van der Waals surface area contributed by atoms with Crippen molar-refractivity contribution in [2.24, 2.45) is 0 Å². The zero-order valence-electron chi connectivity index (χ0n) is 10.9. The second-order valence-electron chi connectivity index (χ2n) is 4.36. The Hall–Kier alpha value is -1.54. The molecule has 5 nitrogen and oxygen atoms in total. The predicted octanol–water partition coefficient (Wildman–Crippen LogP) is 3.74. The van der Waals surface area contributed by atoms with Gasteiger partial charge in [0.1, 0.15) is 15.0 Å². The third-order valence-electron chi connectivity index (χ3n) is 2.90. The van der Waals surface area contributed by atoms with Crippen LogP contribution in [0.5, 0.6) is 0 Å². The highest BCUT2D eigenvalue weighted by molar-refractivity contribution is 7.90. The van der Waals surface area contributed by atoms with E-state index in [2.05, 4.69) is 5.10 Å². The van der Waals surface area contributed by atoms with E-state index in [1.54, 1.807) is 0 Å². The number of aromatic nitrogens is 2. The molecular formula is C13H9Cl2N3O2S2. The fourth-order valence-electron chi connectivity index (χ4n) is 1.92. The minimum Gasteiger partial charge on any atom is -0.383 e. The van der Waals surface area contributed by atoms with Crippen LogP contribution in [0.2, 0.25) is 8.67 Å². The molecule has 2 heterocycles. The number of nitrogens with zero attached hydrogens (tertiary/aromatic N) is 2. The topological polar surface area (TPSA) is 78.0 Å². The maximum absolute atomic E-state index is 12.6. The Bertz CT molecular complexity index is 934. The number of nitrogens with two attached hydrogens (primary N) is 1. The predicted molar refractivity (Wildman–Crippen MR) is 89.0 cm³/mol. The van der Waals surface area contributed by atoms with Crippen molar-refractivity contribution < 1.29 is 8.42 Å². The third-order valence-corrected chi connectivity index (χ3v) is 6.26. The zero-order chi connectivity index (χ0) is 15.9. The van der Waals surface area contributed by atoms with Gasteiger partial charge in [0.25, 0.3) is 10.0 Å². The molecule has 0 atom stereocenters. The van der Waals surface area contributed by atoms with E-state index < -0.39 is 10.0 Å². The van der Waals surface area contributed by atoms with Crippen molar-refractivity contribution in [3.05, 3.63) is 51.1 Å². The molecule has 2 aromatic heterocycles. The molecule has 0 amide bonds. The van der Waals surface area contributed by atoms with Crippen LogP contribution in [0.15, 0.2) is 47.4 Å². The Morgan fingerprint density at radius 2 is 1.82 bits per heavy atom. The minimum atomic E-state index is -3.99. The third kappa shape index (κ3) is 2.61. The van der Waals surface area contributed by atoms with Crippen LogP contribution in [0.4, 0.5) is 5.82 Å². The van der Waals surface area contributed by atoms with Gasteiger partial charge in [-0.25, -0.2) is 0 Å². The standard InChI is InChI=1S/C13H9Cl2N3O2S2/c14-11-7-10(13(15)21-11)22(19,20)18-12(16)6-9(17-18)8-4-2-1-3-5-8/h1-7H,16H2. The number of rotatable bonds is 3. The van der Waals surface area contributed by atoms with Gasteiger partial charge in [0.05, 0.1) is 10.0 Å². The lowest BCUT2D eigenvalue weighted by molar-refractivity contribution is 0.582. The molecule has 0 radical (unpaired) electrons. The maximum atomic E-state index is 12.6. The highest BCUT2D eigenvalue weighted by Crippen LogP contribution is 2.36. The molecule has 0 fully saturated rings. The summed E-state index contributed by atoms with van der Waals surface area (Å²) in [4.78, 5) is -0.112. The van der Waals surface area contributed by atoms with Crippen LogP contribution in [0.3, 0.4) is 0 Å². The molecule has 1 aromatic carbocycles. The summed E-state index contributed by atoms with van der Waals surface area (Å²) in [5.41, 5.74) is 7.03. The van der Waals surface area contributed by atoms with Crippen LogP contribution < -0.4 is 5.73 Å². The lowest BCUT2D eigenvalue weighted by atomic mass is 10.2. The van der Waals surface area contributed by atoms with Crippen LogP contribution in [-0.2, 0) is 10.0 Å². The Labute approximate surface area is 141 Å². The first-order valence-corrected chi connectivity index (χ1v) is 9.02. The van der Waals surface area contributed by atoms with Crippen molar-refractivity contribution in [1.82, 2.24) is 9.19 Å². The smallest absolute Gasteiger partial charge is 0.287 e. The average Bonchev–Trinajstić information content (AvgIpc) is 3.03. The Kier molecular flexibility index (Phi) is 3.90. The van der Waals surface area contributed by atoms with Gasteiger partial charge in [-0.15, -0.1) is 15.4 Å². The molecule has 3 aromatic rings. The molecule has 0 bridgehead atoms. The van der Waals surface area contributed by atoms with E-state index >= 15 is 0 Å². The summed E-state index contributed by atoms with van der Waals surface area (Å²) in [6, 6.07) is 11.9. The van der Waals surface area contributed by atoms with E-state index in [0.717, 1.165) is 21.0 Å². The molecule has 0 spiro atoms. The number of hydrogen-bond donors (Lipinski definition) is 1. The number of benzene rings is 1. The summed E-state index contributed by atoms with van der Waals surface area (Å²) in [6.07, 6.45) is 0. The van der Waals surface area contributed by atoms with Gasteiger partial charge in [0.2, 0.25) is 0 Å². The molecule has 114 valence electrons. The molecule has 0 saturated carbocycles. The second kappa shape index (κ2) is 5.58. The summed E-state index contributed by atoms with van der Waals surface area (Å²) in [7, 11) is -3.99. The summed E-state index contributed by atoms with van der Waals surface area (Å²) in [5, 5.41) is 4.09. The largest absolute Gasteiger partial charge is 0.383 e. The number of anilines is 1. The van der Waals surface area contributed by atoms with Crippen LogP contribution in [0, 0.1) is 0 Å². The van der Waals surface area contributed by atoms with Gasteiger partial charge in [-0.1, -0.05) is 53.5 Å². The minimum absolute atomic E-state index is 0.00255. The monoisotopic (exact) mass is 373 g/mol. The molecule has 0 unspecified atom stereocenters. The van der Waals surface area contributed by atoms with Gasteiger partial charge in [-0.2, -0.15) is 13.5 Å². The van der Waals surface area contributed by atoms with Gasteiger partial charge in [-0.05, 0) is 6.07 Å². The van der Waals surface area contributed by atoms with E-state index in [0.29, 0.717) is 5.69 Å². The SMILES string of the molecule is Nc1cc(-c2ccccc2)nn1S(=O)(=O)c1cc(Cl)sc1Cl. The van der Waals surface area contributed by atoms with E-state index in [9.17, 15) is 8.42 Å². The summed E-state index contributed by atoms with van der Waals surface area (Å²) >= 11 is 12.7. The van der Waals surface area contributed by atoms with Crippen molar-refractivity contribution in [1.29, 1.82) is 0 Å². The molecular weight excluding hydrogens is 365 g/mol. The summed E-state index contributed by atoms with van der Waals surface area (Å²) < 4.78 is 26.3. The average molecular weight is 374 g/mol. The maximum Gasteiger partial charge on any atom is 0.287 e. The van der Waals surface area contributed by atoms with E-state index in [1.807, 2.05) is 30.3 Å². The van der Waals surface area contributed by atoms with Crippen LogP contribution in [0.1, 0.15) is 0 Å². The van der Waals surface area contributed by atoms with Crippen LogP contribution in [-0.4, -0.2) is 17.6 Å². The number of nitrogen functional groups attached to an aromatic ring is 1. The van der Waals surface area contributed by atoms with Crippen molar-refractivity contribution in [3.8, 4) is 11.3 Å². The van der Waals surface area contributed by atoms with Crippen LogP contribution >= 0.6 is 34.5 Å². The van der Waals surface area contributed by atoms with Gasteiger partial charge in [0.15, 0.2) is 0 Å². The number of halogens is 2. The fraction of sp³-hybridized carbons (Fsp3) is 0. The fourth-order valence-corrected chi connectivity index (χ4v) is 5.24. The zero-order valence-corrected chi connectivity index (χ0v) is 14.0. The van der Waals surface area contributed by atoms with Crippen LogP contribution in [0.25, 0.3) is 11.3 Å². The first-order valence-electron chi connectivity index (χ1n) is 6.01. The second-order valence-corrected chi connectivity index (χ2v) is 8.38. The molecule has 0 aliphatic heterocycles. The summed E-state index contributed by atoms with van der Waals surface area (Å²) in [6.45, 7) is 0. The number of thiophene rings is 1.